The lowest BCUT2D eigenvalue weighted by atomic mass is 9.45. The summed E-state index contributed by atoms with van der Waals surface area (Å²) in [5.74, 6) is 2.45. The highest BCUT2D eigenvalue weighted by molar-refractivity contribution is 5.83. The van der Waals surface area contributed by atoms with Gasteiger partial charge in [0.05, 0.1) is 18.8 Å². The number of nitrogens with two attached hydrogens (primary N) is 1. The van der Waals surface area contributed by atoms with E-state index < -0.39 is 24.2 Å². The maximum absolute atomic E-state index is 14.3. The third-order valence-corrected chi connectivity index (χ3v) is 15.8. The van der Waals surface area contributed by atoms with Gasteiger partial charge in [0, 0.05) is 56.1 Å². The van der Waals surface area contributed by atoms with Gasteiger partial charge in [-0.25, -0.2) is 0 Å². The van der Waals surface area contributed by atoms with Crippen molar-refractivity contribution in [3.63, 3.8) is 0 Å². The maximum Gasteiger partial charge on any atom is 0.240 e. The SMILES string of the molecule is COC1C(CN2O[C@@H](CO)[C@@H]([C@H](C)O)[C@H]2C(=O)NC2C[C@H]3C[C@@H]([C@@H]2C)C3(C)C)CCCC1C1CC(C(=O)NCCC2CCCC(N)C2)CC(N(C)C)C1. The highest BCUT2D eigenvalue weighted by atomic mass is 16.7. The fourth-order valence-electron chi connectivity index (χ4n) is 12.6. The van der Waals surface area contributed by atoms with E-state index in [1.807, 2.05) is 7.11 Å². The van der Waals surface area contributed by atoms with Gasteiger partial charge in [-0.3, -0.25) is 14.4 Å². The van der Waals surface area contributed by atoms with Crippen LogP contribution in [0.15, 0.2) is 0 Å². The average Bonchev–Trinajstić information content (AvgIpc) is 3.50. The van der Waals surface area contributed by atoms with Crippen molar-refractivity contribution < 1.29 is 29.4 Å². The molecule has 7 aliphatic rings. The molecule has 0 radical (unpaired) electrons. The normalized spacial score (nSPS) is 43.6. The van der Waals surface area contributed by atoms with Crippen LogP contribution in [0.4, 0.5) is 0 Å². The van der Waals surface area contributed by atoms with Crippen molar-refractivity contribution in [2.24, 2.45) is 64.4 Å². The number of amides is 2. The van der Waals surface area contributed by atoms with Crippen LogP contribution in [0, 0.1) is 58.7 Å². The molecule has 16 atom stereocenters. The molecule has 9 unspecified atom stereocenters. The fourth-order valence-corrected chi connectivity index (χ4v) is 12.6. The van der Waals surface area contributed by atoms with Crippen molar-refractivity contribution in [1.82, 2.24) is 20.6 Å². The van der Waals surface area contributed by atoms with E-state index in [4.69, 9.17) is 15.3 Å². The van der Waals surface area contributed by atoms with Gasteiger partial charge >= 0.3 is 0 Å². The topological polar surface area (TPSA) is 150 Å². The number of hydroxylamine groups is 2. The number of fused-ring (bicyclic) bond motifs is 2. The molecule has 11 heteroatoms. The molecule has 6 aliphatic carbocycles. The number of carbonyl (C=O) groups is 2. The fraction of sp³-hybridized carbons (Fsp3) is 0.952. The number of methoxy groups -OCH3 is 1. The smallest absolute Gasteiger partial charge is 0.240 e. The number of nitrogens with one attached hydrogen (secondary N) is 2. The predicted octanol–water partition coefficient (Wildman–Crippen LogP) is 3.95. The Morgan fingerprint density at radius 1 is 1.04 bits per heavy atom. The molecule has 1 heterocycles. The molecule has 0 spiro atoms. The minimum Gasteiger partial charge on any atom is -0.394 e. The van der Waals surface area contributed by atoms with E-state index in [9.17, 15) is 19.8 Å². The Kier molecular flexibility index (Phi) is 13.6. The Morgan fingerprint density at radius 3 is 2.43 bits per heavy atom. The lowest BCUT2D eigenvalue weighted by Gasteiger charge is -2.62. The van der Waals surface area contributed by atoms with E-state index in [0.29, 0.717) is 53.6 Å². The van der Waals surface area contributed by atoms with Crippen LogP contribution in [-0.4, -0.2) is 115 Å². The molecule has 6 N–H and O–H groups in total. The summed E-state index contributed by atoms with van der Waals surface area (Å²) in [5.41, 5.74) is 6.55. The monoisotopic (exact) mass is 746 g/mol. The summed E-state index contributed by atoms with van der Waals surface area (Å²) < 4.78 is 6.40. The molecule has 0 aromatic heterocycles. The van der Waals surface area contributed by atoms with Gasteiger partial charge in [0.15, 0.2) is 0 Å². The third-order valence-electron chi connectivity index (χ3n) is 15.8. The standard InChI is InChI=1S/C42H75N5O6/c1-24-34-20-30(42(34,3)4)21-35(24)45-41(51)38-37(25(2)49)36(23-48)53-47(38)22-27-11-9-13-33(39(27)52-7)28-17-29(19-32(18-28)46(5)6)40(50)44-15-14-26-10-8-12-31(43)16-26/h24-39,48-49H,8-23,43H2,1-7H3,(H,44,50)(H,45,51)/t24-,25-,26?,27?,28?,29?,30+,31?,32?,33?,34-,35?,36-,37+,38-,39?/m0/s1. The van der Waals surface area contributed by atoms with Gasteiger partial charge in [0.2, 0.25) is 11.8 Å². The number of hydrogen-bond donors (Lipinski definition) is 5. The molecule has 6 saturated carbocycles. The highest BCUT2D eigenvalue weighted by Gasteiger charge is 2.58. The lowest BCUT2D eigenvalue weighted by molar-refractivity contribution is -0.193. The molecule has 11 nitrogen and oxygen atoms in total. The maximum atomic E-state index is 14.3. The molecule has 7 fully saturated rings. The van der Waals surface area contributed by atoms with Crippen LogP contribution in [0.1, 0.15) is 111 Å². The predicted molar refractivity (Wildman–Crippen MR) is 206 cm³/mol. The average molecular weight is 746 g/mol. The van der Waals surface area contributed by atoms with Gasteiger partial charge in [-0.1, -0.05) is 40.0 Å². The zero-order chi connectivity index (χ0) is 38.2. The zero-order valence-electron chi connectivity index (χ0n) is 34.1. The second kappa shape index (κ2) is 17.4. The summed E-state index contributed by atoms with van der Waals surface area (Å²) in [7, 11) is 6.08. The number of rotatable bonds is 13. The van der Waals surface area contributed by atoms with Crippen LogP contribution in [-0.2, 0) is 19.2 Å². The minimum atomic E-state index is -0.824. The van der Waals surface area contributed by atoms with E-state index in [2.05, 4.69) is 50.4 Å². The van der Waals surface area contributed by atoms with Crippen LogP contribution in [0.2, 0.25) is 0 Å². The molecule has 53 heavy (non-hydrogen) atoms. The van der Waals surface area contributed by atoms with Crippen molar-refractivity contribution in [3.8, 4) is 0 Å². The first-order valence-electron chi connectivity index (χ1n) is 21.5. The van der Waals surface area contributed by atoms with Gasteiger partial charge in [0.1, 0.15) is 12.1 Å². The molecule has 0 aromatic carbocycles. The molecule has 2 bridgehead atoms. The highest BCUT2D eigenvalue weighted by Crippen LogP contribution is 2.61. The summed E-state index contributed by atoms with van der Waals surface area (Å²) in [6.07, 6.45) is 12.1. The molecule has 7 rings (SSSR count). The summed E-state index contributed by atoms with van der Waals surface area (Å²) in [5, 5.41) is 29.9. The minimum absolute atomic E-state index is 0.0291. The zero-order valence-corrected chi connectivity index (χ0v) is 34.1. The summed E-state index contributed by atoms with van der Waals surface area (Å²) in [4.78, 5) is 36.7. The molecule has 0 aromatic rings. The molecule has 2 amide bonds. The van der Waals surface area contributed by atoms with E-state index in [1.54, 1.807) is 12.0 Å². The molecule has 1 aliphatic heterocycles. The van der Waals surface area contributed by atoms with E-state index in [1.165, 1.54) is 19.3 Å². The third kappa shape index (κ3) is 8.81. The first kappa shape index (κ1) is 41.3. The number of nitrogens with zero attached hydrogens (tertiary/aromatic N) is 2. The van der Waals surface area contributed by atoms with Gasteiger partial charge in [-0.15, -0.1) is 0 Å². The van der Waals surface area contributed by atoms with Crippen LogP contribution in [0.25, 0.3) is 0 Å². The molecule has 304 valence electrons. The first-order valence-corrected chi connectivity index (χ1v) is 21.5. The molecular weight excluding hydrogens is 670 g/mol. The summed E-state index contributed by atoms with van der Waals surface area (Å²) in [6, 6.07) is 0.0247. The Balaban J connectivity index is 1.13. The number of carbonyl (C=O) groups excluding carboxylic acids is 2. The molecule has 1 saturated heterocycles. The largest absolute Gasteiger partial charge is 0.394 e. The number of aliphatic hydroxyl groups excluding tert-OH is 2. The number of ether oxygens (including phenoxy) is 1. The van der Waals surface area contributed by atoms with Crippen LogP contribution in [0.3, 0.4) is 0 Å². The van der Waals surface area contributed by atoms with Gasteiger partial charge in [-0.2, -0.15) is 5.06 Å². The van der Waals surface area contributed by atoms with E-state index in [0.717, 1.165) is 70.8 Å². The lowest BCUT2D eigenvalue weighted by Crippen LogP contribution is -2.62. The summed E-state index contributed by atoms with van der Waals surface area (Å²) >= 11 is 0. The van der Waals surface area contributed by atoms with E-state index in [-0.39, 0.29) is 48.3 Å². The van der Waals surface area contributed by atoms with Crippen molar-refractivity contribution in [1.29, 1.82) is 0 Å². The Hall–Kier alpha value is -1.34. The van der Waals surface area contributed by atoms with Gasteiger partial charge in [-0.05, 0) is 126 Å². The number of aliphatic hydroxyl groups is 2. The Labute approximate surface area is 320 Å². The van der Waals surface area contributed by atoms with Crippen LogP contribution < -0.4 is 16.4 Å². The Bertz CT molecular complexity index is 1230. The summed E-state index contributed by atoms with van der Waals surface area (Å²) in [6.45, 7) is 9.66. The van der Waals surface area contributed by atoms with Crippen LogP contribution >= 0.6 is 0 Å². The first-order chi connectivity index (χ1) is 25.2. The van der Waals surface area contributed by atoms with Crippen molar-refractivity contribution in [2.75, 3.05) is 40.9 Å². The molecular formula is C42H75N5O6. The Morgan fingerprint density at radius 2 is 1.79 bits per heavy atom. The quantitative estimate of drug-likeness (QED) is 0.189. The second-order valence-electron chi connectivity index (χ2n) is 19.5. The second-order valence-corrected chi connectivity index (χ2v) is 19.5. The van der Waals surface area contributed by atoms with Gasteiger partial charge in [0.25, 0.3) is 0 Å². The van der Waals surface area contributed by atoms with Crippen molar-refractivity contribution in [2.45, 2.75) is 154 Å². The number of hydrogen-bond acceptors (Lipinski definition) is 9. The van der Waals surface area contributed by atoms with Crippen molar-refractivity contribution >= 4 is 11.8 Å². The van der Waals surface area contributed by atoms with Gasteiger partial charge < -0.3 is 36.2 Å². The van der Waals surface area contributed by atoms with E-state index >= 15 is 0 Å². The van der Waals surface area contributed by atoms with Crippen LogP contribution in [0.5, 0.6) is 0 Å². The van der Waals surface area contributed by atoms with Crippen molar-refractivity contribution in [3.05, 3.63) is 0 Å².